The monoisotopic (exact) mass is 234 g/mol. The van der Waals surface area contributed by atoms with Crippen molar-refractivity contribution in [2.45, 2.75) is 19.4 Å². The second-order valence-corrected chi connectivity index (χ2v) is 4.46. The second-order valence-electron chi connectivity index (χ2n) is 4.46. The third kappa shape index (κ3) is 1.73. The van der Waals surface area contributed by atoms with Gasteiger partial charge in [0, 0.05) is 0 Å². The van der Waals surface area contributed by atoms with Gasteiger partial charge >= 0.3 is 5.97 Å². The van der Waals surface area contributed by atoms with Gasteiger partial charge in [-0.15, -0.1) is 0 Å². The van der Waals surface area contributed by atoms with Gasteiger partial charge < -0.3 is 10.4 Å². The molecule has 2 N–H and O–H groups in total. The Morgan fingerprint density at radius 2 is 2.06 bits per heavy atom. The Kier molecular flexibility index (Phi) is 2.53. The Morgan fingerprint density at radius 3 is 2.71 bits per heavy atom. The lowest BCUT2D eigenvalue weighted by molar-refractivity contribution is -0.143. The number of amides is 1. The fraction of sp³-hybridized carbons (Fsp3) is 0.333. The highest BCUT2D eigenvalue weighted by Crippen LogP contribution is 2.34. The number of rotatable bonds is 2. The molecule has 1 aliphatic heterocycles. The van der Waals surface area contributed by atoms with Gasteiger partial charge in [-0.05, 0) is 26.0 Å². The first kappa shape index (κ1) is 11.4. The predicted octanol–water partition coefficient (Wildman–Crippen LogP) is 1.31. The fourth-order valence-corrected chi connectivity index (χ4v) is 1.91. The summed E-state index contributed by atoms with van der Waals surface area (Å²) in [6, 6.07) is 7.19. The number of hydrogen-bond acceptors (Lipinski definition) is 3. The van der Waals surface area contributed by atoms with Gasteiger partial charge in [-0.3, -0.25) is 9.69 Å². The van der Waals surface area contributed by atoms with E-state index in [4.69, 9.17) is 0 Å². The normalized spacial score (nSPS) is 15.2. The van der Waals surface area contributed by atoms with Crippen molar-refractivity contribution < 1.29 is 14.7 Å². The number of para-hydroxylation sites is 2. The van der Waals surface area contributed by atoms with Gasteiger partial charge in [-0.1, -0.05) is 12.1 Å². The summed E-state index contributed by atoms with van der Waals surface area (Å²) in [6.45, 7) is 3.17. The molecule has 17 heavy (non-hydrogen) atoms. The molecule has 0 fully saturated rings. The van der Waals surface area contributed by atoms with Gasteiger partial charge in [-0.2, -0.15) is 0 Å². The van der Waals surface area contributed by atoms with Crippen molar-refractivity contribution in [3.05, 3.63) is 24.3 Å². The van der Waals surface area contributed by atoms with E-state index in [0.29, 0.717) is 5.69 Å². The molecular formula is C12H14N2O3. The number of anilines is 2. The maximum atomic E-state index is 11.9. The molecule has 0 aromatic heterocycles. The third-order valence-corrected chi connectivity index (χ3v) is 2.91. The number of hydrogen-bond donors (Lipinski definition) is 2. The van der Waals surface area contributed by atoms with Gasteiger partial charge in [-0.25, -0.2) is 4.79 Å². The van der Waals surface area contributed by atoms with Gasteiger partial charge in [0.2, 0.25) is 5.91 Å². The van der Waals surface area contributed by atoms with Crippen LogP contribution in [0.25, 0.3) is 0 Å². The van der Waals surface area contributed by atoms with Crippen LogP contribution in [-0.4, -0.2) is 29.1 Å². The second kappa shape index (κ2) is 3.76. The van der Waals surface area contributed by atoms with Crippen LogP contribution in [-0.2, 0) is 9.59 Å². The minimum atomic E-state index is -1.25. The fourth-order valence-electron chi connectivity index (χ4n) is 1.91. The van der Waals surface area contributed by atoms with E-state index < -0.39 is 11.5 Å². The molecule has 1 aliphatic rings. The van der Waals surface area contributed by atoms with Crippen molar-refractivity contribution in [2.75, 3.05) is 16.8 Å². The van der Waals surface area contributed by atoms with Crippen LogP contribution in [0.5, 0.6) is 0 Å². The molecular weight excluding hydrogens is 220 g/mol. The van der Waals surface area contributed by atoms with Crippen LogP contribution in [0.3, 0.4) is 0 Å². The Hall–Kier alpha value is -2.04. The predicted molar refractivity (Wildman–Crippen MR) is 64.1 cm³/mol. The first-order chi connectivity index (χ1) is 7.94. The Balaban J connectivity index is 2.54. The van der Waals surface area contributed by atoms with Crippen molar-refractivity contribution in [3.8, 4) is 0 Å². The SMILES string of the molecule is CC(C)(C(=O)O)N1C(=O)CNc2ccccc21. The summed E-state index contributed by atoms with van der Waals surface area (Å²) in [5, 5.41) is 12.2. The highest BCUT2D eigenvalue weighted by atomic mass is 16.4. The molecule has 0 atom stereocenters. The molecule has 5 nitrogen and oxygen atoms in total. The van der Waals surface area contributed by atoms with Crippen molar-refractivity contribution in [2.24, 2.45) is 0 Å². The molecule has 0 radical (unpaired) electrons. The molecule has 1 aromatic carbocycles. The number of nitrogens with one attached hydrogen (secondary N) is 1. The maximum Gasteiger partial charge on any atom is 0.329 e. The molecule has 1 aromatic rings. The number of carboxylic acids is 1. The Labute approximate surface area is 99.0 Å². The number of benzene rings is 1. The molecule has 0 aliphatic carbocycles. The van der Waals surface area contributed by atoms with Crippen LogP contribution in [0, 0.1) is 0 Å². The van der Waals surface area contributed by atoms with Gasteiger partial charge in [0.05, 0.1) is 17.9 Å². The van der Waals surface area contributed by atoms with Crippen LogP contribution in [0.1, 0.15) is 13.8 Å². The standard InChI is InChI=1S/C12H14N2O3/c1-12(2,11(16)17)14-9-6-4-3-5-8(9)13-7-10(14)15/h3-6,13H,7H2,1-2H3,(H,16,17). The van der Waals surface area contributed by atoms with E-state index >= 15 is 0 Å². The van der Waals surface area contributed by atoms with Crippen molar-refractivity contribution in [1.29, 1.82) is 0 Å². The first-order valence-corrected chi connectivity index (χ1v) is 5.34. The zero-order chi connectivity index (χ0) is 12.6. The zero-order valence-electron chi connectivity index (χ0n) is 9.73. The molecule has 0 bridgehead atoms. The van der Waals surface area contributed by atoms with Crippen molar-refractivity contribution >= 4 is 23.3 Å². The summed E-state index contributed by atoms with van der Waals surface area (Å²) in [4.78, 5) is 24.5. The summed E-state index contributed by atoms with van der Waals surface area (Å²) in [5.41, 5.74) is 0.132. The maximum absolute atomic E-state index is 11.9. The van der Waals surface area contributed by atoms with Crippen LogP contribution < -0.4 is 10.2 Å². The molecule has 0 saturated heterocycles. The number of nitrogens with zero attached hydrogens (tertiary/aromatic N) is 1. The summed E-state index contributed by atoms with van der Waals surface area (Å²) in [5.74, 6) is -1.27. The lowest BCUT2D eigenvalue weighted by atomic mass is 10.00. The van der Waals surface area contributed by atoms with Crippen LogP contribution in [0.2, 0.25) is 0 Å². The van der Waals surface area contributed by atoms with Crippen LogP contribution >= 0.6 is 0 Å². The highest BCUT2D eigenvalue weighted by molar-refractivity contribution is 6.07. The largest absolute Gasteiger partial charge is 0.480 e. The molecule has 2 rings (SSSR count). The van der Waals surface area contributed by atoms with Crippen molar-refractivity contribution in [3.63, 3.8) is 0 Å². The number of fused-ring (bicyclic) bond motifs is 1. The van der Waals surface area contributed by atoms with E-state index in [9.17, 15) is 14.7 Å². The Bertz CT molecular complexity index is 482. The highest BCUT2D eigenvalue weighted by Gasteiger charge is 2.41. The number of carbonyl (C=O) groups excluding carboxylic acids is 1. The lowest BCUT2D eigenvalue weighted by Crippen LogP contribution is -2.56. The van der Waals surface area contributed by atoms with Gasteiger partial charge in [0.25, 0.3) is 0 Å². The molecule has 0 unspecified atom stereocenters. The quantitative estimate of drug-likeness (QED) is 0.809. The average molecular weight is 234 g/mol. The molecule has 0 spiro atoms. The number of carbonyl (C=O) groups is 2. The van der Waals surface area contributed by atoms with E-state index in [-0.39, 0.29) is 12.5 Å². The molecule has 0 saturated carbocycles. The summed E-state index contributed by atoms with van der Waals surface area (Å²) in [6.07, 6.45) is 0. The zero-order valence-corrected chi connectivity index (χ0v) is 9.73. The van der Waals surface area contributed by atoms with Crippen molar-refractivity contribution in [1.82, 2.24) is 0 Å². The number of carboxylic acid groups (broad SMARTS) is 1. The smallest absolute Gasteiger partial charge is 0.329 e. The minimum Gasteiger partial charge on any atom is -0.480 e. The van der Waals surface area contributed by atoms with E-state index in [1.807, 2.05) is 12.1 Å². The molecule has 1 amide bonds. The number of aliphatic carboxylic acids is 1. The molecule has 5 heteroatoms. The summed E-state index contributed by atoms with van der Waals surface area (Å²) >= 11 is 0. The van der Waals surface area contributed by atoms with Gasteiger partial charge in [0.15, 0.2) is 0 Å². The third-order valence-electron chi connectivity index (χ3n) is 2.91. The van der Waals surface area contributed by atoms with Crippen LogP contribution in [0.4, 0.5) is 11.4 Å². The summed E-state index contributed by atoms with van der Waals surface area (Å²) < 4.78 is 0. The summed E-state index contributed by atoms with van der Waals surface area (Å²) in [7, 11) is 0. The average Bonchev–Trinajstić information content (AvgIpc) is 2.28. The van der Waals surface area contributed by atoms with Crippen LogP contribution in [0.15, 0.2) is 24.3 Å². The lowest BCUT2D eigenvalue weighted by Gasteiger charge is -2.39. The van der Waals surface area contributed by atoms with E-state index in [0.717, 1.165) is 5.69 Å². The molecule has 90 valence electrons. The van der Waals surface area contributed by atoms with E-state index in [1.165, 1.54) is 18.7 Å². The Morgan fingerprint density at radius 1 is 1.41 bits per heavy atom. The molecule has 1 heterocycles. The van der Waals surface area contributed by atoms with Gasteiger partial charge in [0.1, 0.15) is 5.54 Å². The topological polar surface area (TPSA) is 69.6 Å². The van der Waals surface area contributed by atoms with E-state index in [2.05, 4.69) is 5.32 Å². The first-order valence-electron chi connectivity index (χ1n) is 5.34. The van der Waals surface area contributed by atoms with E-state index in [1.54, 1.807) is 12.1 Å². The minimum absolute atomic E-state index is 0.119.